The van der Waals surface area contributed by atoms with Crippen LogP contribution in [0.4, 0.5) is 0 Å². The van der Waals surface area contributed by atoms with Gasteiger partial charge in [-0.25, -0.2) is 12.7 Å². The van der Waals surface area contributed by atoms with Crippen molar-refractivity contribution in [2.45, 2.75) is 18.2 Å². The molecule has 2 rings (SSSR count). The van der Waals surface area contributed by atoms with Gasteiger partial charge in [-0.05, 0) is 31.2 Å². The highest BCUT2D eigenvalue weighted by atomic mass is 32.2. The van der Waals surface area contributed by atoms with Gasteiger partial charge in [0.2, 0.25) is 10.0 Å². The molecular weight excluding hydrogens is 290 g/mol. The Balaban J connectivity index is 2.16. The van der Waals surface area contributed by atoms with E-state index in [-0.39, 0.29) is 10.7 Å². The molecule has 112 valence electrons. The fraction of sp³-hybridized carbons (Fsp3) is 0.267. The monoisotopic (exact) mass is 307 g/mol. The Kier molecular flexibility index (Phi) is 4.59. The molecule has 0 N–H and O–H groups in total. The number of hydrogen-bond donors (Lipinski definition) is 0. The molecule has 1 aromatic carbocycles. The summed E-state index contributed by atoms with van der Waals surface area (Å²) < 4.78 is 31.3. The number of furan rings is 1. The van der Waals surface area contributed by atoms with Crippen LogP contribution in [0.2, 0.25) is 0 Å². The van der Waals surface area contributed by atoms with E-state index in [0.29, 0.717) is 18.5 Å². The third-order valence-electron chi connectivity index (χ3n) is 3.20. The molecule has 0 spiro atoms. The summed E-state index contributed by atoms with van der Waals surface area (Å²) in [4.78, 5) is 11.5. The van der Waals surface area contributed by atoms with Crippen LogP contribution in [0, 0.1) is 0 Å². The summed E-state index contributed by atoms with van der Waals surface area (Å²) in [6, 6.07) is 9.64. The molecule has 0 bridgehead atoms. The molecule has 2 aromatic rings. The van der Waals surface area contributed by atoms with Gasteiger partial charge in [0.15, 0.2) is 5.78 Å². The van der Waals surface area contributed by atoms with E-state index in [4.69, 9.17) is 4.42 Å². The molecule has 5 nitrogen and oxygen atoms in total. The Hall–Kier alpha value is -1.92. The Labute approximate surface area is 124 Å². The lowest BCUT2D eigenvalue weighted by atomic mass is 10.2. The van der Waals surface area contributed by atoms with E-state index < -0.39 is 10.0 Å². The molecular formula is C15H17NO4S. The summed E-state index contributed by atoms with van der Waals surface area (Å²) in [5.41, 5.74) is 0.385. The summed E-state index contributed by atoms with van der Waals surface area (Å²) in [6.07, 6.45) is 2.05. The molecule has 0 saturated carbocycles. The van der Waals surface area contributed by atoms with Crippen molar-refractivity contribution in [3.63, 3.8) is 0 Å². The molecule has 21 heavy (non-hydrogen) atoms. The molecule has 0 aliphatic heterocycles. The van der Waals surface area contributed by atoms with Gasteiger partial charge in [0.1, 0.15) is 5.76 Å². The smallest absolute Gasteiger partial charge is 0.242 e. The summed E-state index contributed by atoms with van der Waals surface area (Å²) in [6.45, 7) is 1.71. The van der Waals surface area contributed by atoms with Gasteiger partial charge >= 0.3 is 0 Å². The minimum Gasteiger partial charge on any atom is -0.469 e. The standard InChI is InChI=1S/C15H17NO4S/c1-12(17)13-5-3-7-15(11-13)21(18,19)16(2)9-8-14-6-4-10-20-14/h3-7,10-11H,8-9H2,1-2H3. The fourth-order valence-electron chi connectivity index (χ4n) is 1.90. The predicted molar refractivity (Wildman–Crippen MR) is 78.7 cm³/mol. The summed E-state index contributed by atoms with van der Waals surface area (Å²) in [5, 5.41) is 0. The van der Waals surface area contributed by atoms with Gasteiger partial charge in [0, 0.05) is 25.6 Å². The van der Waals surface area contributed by atoms with Crippen LogP contribution in [0.5, 0.6) is 0 Å². The van der Waals surface area contributed by atoms with E-state index in [1.54, 1.807) is 30.5 Å². The van der Waals surface area contributed by atoms with Crippen LogP contribution in [-0.4, -0.2) is 32.1 Å². The third-order valence-corrected chi connectivity index (χ3v) is 5.05. The molecule has 0 amide bonds. The number of benzene rings is 1. The molecule has 0 unspecified atom stereocenters. The molecule has 0 radical (unpaired) electrons. The lowest BCUT2D eigenvalue weighted by Crippen LogP contribution is -2.29. The number of carbonyl (C=O) groups is 1. The van der Waals surface area contributed by atoms with Crippen molar-refractivity contribution in [2.75, 3.05) is 13.6 Å². The van der Waals surface area contributed by atoms with Crippen LogP contribution in [-0.2, 0) is 16.4 Å². The van der Waals surface area contributed by atoms with Gasteiger partial charge in [-0.1, -0.05) is 12.1 Å². The molecule has 0 fully saturated rings. The second-order valence-electron chi connectivity index (χ2n) is 4.74. The fourth-order valence-corrected chi connectivity index (χ4v) is 3.12. The first kappa shape index (κ1) is 15.5. The zero-order valence-electron chi connectivity index (χ0n) is 11.9. The third kappa shape index (κ3) is 3.59. The van der Waals surface area contributed by atoms with E-state index in [9.17, 15) is 13.2 Å². The summed E-state index contributed by atoms with van der Waals surface area (Å²) in [5.74, 6) is 0.569. The largest absolute Gasteiger partial charge is 0.469 e. The maximum atomic E-state index is 12.5. The number of Topliss-reactive ketones (excluding diaryl/α,β-unsaturated/α-hetero) is 1. The van der Waals surface area contributed by atoms with Gasteiger partial charge in [-0.15, -0.1) is 0 Å². The Bertz CT molecular complexity index is 720. The van der Waals surface area contributed by atoms with Crippen LogP contribution in [0.15, 0.2) is 52.0 Å². The maximum Gasteiger partial charge on any atom is 0.242 e. The number of rotatable bonds is 6. The Morgan fingerprint density at radius 3 is 2.62 bits per heavy atom. The number of nitrogens with zero attached hydrogens (tertiary/aromatic N) is 1. The number of sulfonamides is 1. The van der Waals surface area contributed by atoms with Crippen LogP contribution >= 0.6 is 0 Å². The first-order valence-electron chi connectivity index (χ1n) is 6.51. The quantitative estimate of drug-likeness (QED) is 0.768. The van der Waals surface area contributed by atoms with Gasteiger partial charge in [0.25, 0.3) is 0 Å². The van der Waals surface area contributed by atoms with Gasteiger partial charge in [-0.3, -0.25) is 4.79 Å². The van der Waals surface area contributed by atoms with Crippen molar-refractivity contribution < 1.29 is 17.6 Å². The SMILES string of the molecule is CC(=O)c1cccc(S(=O)(=O)N(C)CCc2ccco2)c1. The zero-order valence-corrected chi connectivity index (χ0v) is 12.8. The lowest BCUT2D eigenvalue weighted by molar-refractivity contribution is 0.101. The second-order valence-corrected chi connectivity index (χ2v) is 6.78. The number of likely N-dealkylation sites (N-methyl/N-ethyl adjacent to an activating group) is 1. The molecule has 1 heterocycles. The van der Waals surface area contributed by atoms with E-state index in [1.807, 2.05) is 0 Å². The first-order valence-corrected chi connectivity index (χ1v) is 7.95. The van der Waals surface area contributed by atoms with Crippen LogP contribution in [0.25, 0.3) is 0 Å². The van der Waals surface area contributed by atoms with Crippen LogP contribution in [0.1, 0.15) is 23.0 Å². The van der Waals surface area contributed by atoms with E-state index in [1.165, 1.54) is 30.4 Å². The average molecular weight is 307 g/mol. The predicted octanol–water partition coefficient (Wildman–Crippen LogP) is 2.35. The van der Waals surface area contributed by atoms with E-state index >= 15 is 0 Å². The van der Waals surface area contributed by atoms with Crippen molar-refractivity contribution in [1.82, 2.24) is 4.31 Å². The summed E-state index contributed by atoms with van der Waals surface area (Å²) >= 11 is 0. The Morgan fingerprint density at radius 1 is 1.24 bits per heavy atom. The molecule has 1 aromatic heterocycles. The van der Waals surface area contributed by atoms with Crippen molar-refractivity contribution in [1.29, 1.82) is 0 Å². The highest BCUT2D eigenvalue weighted by Gasteiger charge is 2.21. The van der Waals surface area contributed by atoms with Crippen molar-refractivity contribution in [3.8, 4) is 0 Å². The molecule has 0 saturated heterocycles. The molecule has 0 aliphatic carbocycles. The lowest BCUT2D eigenvalue weighted by Gasteiger charge is -2.17. The Morgan fingerprint density at radius 2 is 2.00 bits per heavy atom. The normalized spacial score (nSPS) is 11.8. The number of carbonyl (C=O) groups excluding carboxylic acids is 1. The minimum absolute atomic E-state index is 0.122. The topological polar surface area (TPSA) is 67.6 Å². The van der Waals surface area contributed by atoms with Crippen LogP contribution in [0.3, 0.4) is 0 Å². The molecule has 0 aliphatic rings. The average Bonchev–Trinajstić information content (AvgIpc) is 2.98. The number of ketones is 1. The zero-order chi connectivity index (χ0) is 15.5. The number of hydrogen-bond acceptors (Lipinski definition) is 4. The van der Waals surface area contributed by atoms with Gasteiger partial charge in [-0.2, -0.15) is 0 Å². The molecule has 0 atom stereocenters. The van der Waals surface area contributed by atoms with Crippen molar-refractivity contribution in [3.05, 3.63) is 54.0 Å². The molecule has 6 heteroatoms. The maximum absolute atomic E-state index is 12.5. The minimum atomic E-state index is -3.61. The van der Waals surface area contributed by atoms with Crippen molar-refractivity contribution in [2.24, 2.45) is 0 Å². The highest BCUT2D eigenvalue weighted by molar-refractivity contribution is 7.89. The van der Waals surface area contributed by atoms with Gasteiger partial charge < -0.3 is 4.42 Å². The summed E-state index contributed by atoms with van der Waals surface area (Å²) in [7, 11) is -2.10. The van der Waals surface area contributed by atoms with E-state index in [0.717, 1.165) is 5.76 Å². The highest BCUT2D eigenvalue weighted by Crippen LogP contribution is 2.17. The van der Waals surface area contributed by atoms with Gasteiger partial charge in [0.05, 0.1) is 11.2 Å². The van der Waals surface area contributed by atoms with E-state index in [2.05, 4.69) is 0 Å². The van der Waals surface area contributed by atoms with Crippen molar-refractivity contribution >= 4 is 15.8 Å². The van der Waals surface area contributed by atoms with Crippen LogP contribution < -0.4 is 0 Å². The first-order chi connectivity index (χ1) is 9.91. The second kappa shape index (κ2) is 6.24.